The smallest absolute Gasteiger partial charge is 0.359 e. The van der Waals surface area contributed by atoms with Crippen LogP contribution in [0.3, 0.4) is 0 Å². The largest absolute Gasteiger partial charge is 0.451 e. The van der Waals surface area contributed by atoms with Gasteiger partial charge >= 0.3 is 5.97 Å². The fourth-order valence-electron chi connectivity index (χ4n) is 3.06. The highest BCUT2D eigenvalue weighted by Crippen LogP contribution is 2.15. The van der Waals surface area contributed by atoms with Crippen LogP contribution in [0.25, 0.3) is 10.8 Å². The Labute approximate surface area is 168 Å². The standard InChI is InChI=1S/C22H23N3O4/c1-4-15-9-11-16(12-10-15)14(2)23-19(26)13-29-22(28)20-17-7-5-6-8-18(17)21(27)25(3)24-20/h5-12,14H,4,13H2,1-3H3,(H,23,26)/t14-/m1/s1. The number of benzene rings is 2. The Hall–Kier alpha value is -3.48. The minimum absolute atomic E-state index is 0.00120. The molecule has 0 aliphatic heterocycles. The van der Waals surface area contributed by atoms with Crippen LogP contribution in [0.15, 0.2) is 53.3 Å². The maximum absolute atomic E-state index is 12.5. The van der Waals surface area contributed by atoms with E-state index in [0.717, 1.165) is 16.7 Å². The summed E-state index contributed by atoms with van der Waals surface area (Å²) in [5.41, 5.74) is 1.88. The van der Waals surface area contributed by atoms with Crippen molar-refractivity contribution in [3.63, 3.8) is 0 Å². The molecule has 0 spiro atoms. The summed E-state index contributed by atoms with van der Waals surface area (Å²) in [7, 11) is 1.46. The molecule has 150 valence electrons. The molecule has 3 aromatic rings. The van der Waals surface area contributed by atoms with E-state index in [-0.39, 0.29) is 17.3 Å². The molecule has 7 nitrogen and oxygen atoms in total. The van der Waals surface area contributed by atoms with Gasteiger partial charge in [0.25, 0.3) is 11.5 Å². The van der Waals surface area contributed by atoms with Crippen LogP contribution in [0.4, 0.5) is 0 Å². The van der Waals surface area contributed by atoms with Crippen molar-refractivity contribution in [3.8, 4) is 0 Å². The Morgan fingerprint density at radius 1 is 1.10 bits per heavy atom. The van der Waals surface area contributed by atoms with E-state index in [1.807, 2.05) is 31.2 Å². The highest BCUT2D eigenvalue weighted by molar-refractivity contribution is 6.02. The summed E-state index contributed by atoms with van der Waals surface area (Å²) in [6, 6.07) is 14.4. The van der Waals surface area contributed by atoms with Crippen molar-refractivity contribution in [1.29, 1.82) is 0 Å². The van der Waals surface area contributed by atoms with Crippen molar-refractivity contribution in [2.24, 2.45) is 7.05 Å². The average Bonchev–Trinajstić information content (AvgIpc) is 2.74. The Bertz CT molecular complexity index is 1100. The maximum Gasteiger partial charge on any atom is 0.359 e. The van der Waals surface area contributed by atoms with E-state index in [9.17, 15) is 14.4 Å². The first kappa shape index (κ1) is 20.3. The number of fused-ring (bicyclic) bond motifs is 1. The monoisotopic (exact) mass is 393 g/mol. The Balaban J connectivity index is 1.66. The minimum Gasteiger partial charge on any atom is -0.451 e. The molecule has 3 rings (SSSR count). The second kappa shape index (κ2) is 8.68. The molecule has 0 unspecified atom stereocenters. The van der Waals surface area contributed by atoms with E-state index in [0.29, 0.717) is 10.8 Å². The molecular weight excluding hydrogens is 370 g/mol. The molecule has 0 saturated heterocycles. The number of carbonyl (C=O) groups excluding carboxylic acids is 2. The number of hydrogen-bond donors (Lipinski definition) is 1. The predicted molar refractivity (Wildman–Crippen MR) is 110 cm³/mol. The molecule has 1 N–H and O–H groups in total. The molecule has 0 aliphatic rings. The zero-order chi connectivity index (χ0) is 21.0. The van der Waals surface area contributed by atoms with Crippen LogP contribution in [0.2, 0.25) is 0 Å². The van der Waals surface area contributed by atoms with Gasteiger partial charge in [0.15, 0.2) is 12.3 Å². The molecule has 29 heavy (non-hydrogen) atoms. The molecule has 0 fully saturated rings. The second-order valence-electron chi connectivity index (χ2n) is 6.78. The van der Waals surface area contributed by atoms with Gasteiger partial charge < -0.3 is 10.1 Å². The van der Waals surface area contributed by atoms with Crippen molar-refractivity contribution >= 4 is 22.6 Å². The van der Waals surface area contributed by atoms with Gasteiger partial charge in [0.05, 0.1) is 11.4 Å². The Morgan fingerprint density at radius 3 is 2.41 bits per heavy atom. The summed E-state index contributed by atoms with van der Waals surface area (Å²) in [6.07, 6.45) is 0.949. The molecule has 7 heteroatoms. The van der Waals surface area contributed by atoms with Crippen LogP contribution in [0, 0.1) is 0 Å². The van der Waals surface area contributed by atoms with Gasteiger partial charge in [-0.05, 0) is 30.5 Å². The fourth-order valence-corrected chi connectivity index (χ4v) is 3.06. The van der Waals surface area contributed by atoms with Crippen molar-refractivity contribution in [2.45, 2.75) is 26.3 Å². The molecule has 1 aromatic heterocycles. The van der Waals surface area contributed by atoms with Gasteiger partial charge in [0.2, 0.25) is 0 Å². The molecule has 0 saturated carbocycles. The number of carbonyl (C=O) groups is 2. The number of esters is 1. The van der Waals surface area contributed by atoms with Crippen LogP contribution in [0.1, 0.15) is 41.5 Å². The number of aryl methyl sites for hydroxylation is 2. The molecular formula is C22H23N3O4. The van der Waals surface area contributed by atoms with Gasteiger partial charge in [-0.25, -0.2) is 9.48 Å². The lowest BCUT2D eigenvalue weighted by Gasteiger charge is -2.15. The molecule has 0 bridgehead atoms. The van der Waals surface area contributed by atoms with E-state index >= 15 is 0 Å². The summed E-state index contributed by atoms with van der Waals surface area (Å²) in [6.45, 7) is 3.51. The first-order chi connectivity index (χ1) is 13.9. The van der Waals surface area contributed by atoms with E-state index in [1.54, 1.807) is 24.3 Å². The third-order valence-electron chi connectivity index (χ3n) is 4.75. The zero-order valence-corrected chi connectivity index (χ0v) is 16.6. The van der Waals surface area contributed by atoms with Gasteiger partial charge in [0.1, 0.15) is 0 Å². The maximum atomic E-state index is 12.5. The summed E-state index contributed by atoms with van der Waals surface area (Å²) in [4.78, 5) is 36.8. The topological polar surface area (TPSA) is 90.3 Å². The predicted octanol–water partition coefficient (Wildman–Crippen LogP) is 2.53. The zero-order valence-electron chi connectivity index (χ0n) is 16.6. The first-order valence-electron chi connectivity index (χ1n) is 9.42. The van der Waals surface area contributed by atoms with Crippen LogP contribution in [-0.4, -0.2) is 28.3 Å². The van der Waals surface area contributed by atoms with E-state index in [4.69, 9.17) is 4.74 Å². The van der Waals surface area contributed by atoms with Crippen LogP contribution < -0.4 is 10.9 Å². The van der Waals surface area contributed by atoms with Gasteiger partial charge in [0, 0.05) is 12.4 Å². The number of ether oxygens (including phenoxy) is 1. The Morgan fingerprint density at radius 2 is 1.76 bits per heavy atom. The summed E-state index contributed by atoms with van der Waals surface area (Å²) in [5, 5.41) is 7.57. The third-order valence-corrected chi connectivity index (χ3v) is 4.75. The highest BCUT2D eigenvalue weighted by atomic mass is 16.5. The van der Waals surface area contributed by atoms with Gasteiger partial charge in [-0.3, -0.25) is 9.59 Å². The van der Waals surface area contributed by atoms with Gasteiger partial charge in [-0.1, -0.05) is 49.4 Å². The molecule has 1 amide bonds. The highest BCUT2D eigenvalue weighted by Gasteiger charge is 2.18. The number of nitrogens with one attached hydrogen (secondary N) is 1. The second-order valence-corrected chi connectivity index (χ2v) is 6.78. The normalized spacial score (nSPS) is 11.8. The van der Waals surface area contributed by atoms with Crippen molar-refractivity contribution in [2.75, 3.05) is 6.61 Å². The SMILES string of the molecule is CCc1ccc([C@@H](C)NC(=O)COC(=O)c2nn(C)c(=O)c3ccccc23)cc1. The van der Waals surface area contributed by atoms with Crippen LogP contribution >= 0.6 is 0 Å². The first-order valence-corrected chi connectivity index (χ1v) is 9.42. The number of nitrogens with zero attached hydrogens (tertiary/aromatic N) is 2. The summed E-state index contributed by atoms with van der Waals surface area (Å²) >= 11 is 0. The average molecular weight is 393 g/mol. The molecule has 1 atom stereocenters. The Kier molecular flexibility index (Phi) is 6.07. The number of rotatable bonds is 6. The lowest BCUT2D eigenvalue weighted by Crippen LogP contribution is -2.31. The summed E-state index contributed by atoms with van der Waals surface area (Å²) < 4.78 is 6.22. The number of amides is 1. The third kappa shape index (κ3) is 4.51. The van der Waals surface area contributed by atoms with Crippen LogP contribution in [-0.2, 0) is 23.0 Å². The quantitative estimate of drug-likeness (QED) is 0.650. The fraction of sp³-hybridized carbons (Fsp3) is 0.273. The van der Waals surface area contributed by atoms with Crippen molar-refractivity contribution < 1.29 is 14.3 Å². The van der Waals surface area contributed by atoms with E-state index in [1.165, 1.54) is 12.6 Å². The van der Waals surface area contributed by atoms with Crippen molar-refractivity contribution in [3.05, 3.63) is 75.7 Å². The molecule has 0 radical (unpaired) electrons. The molecule has 2 aromatic carbocycles. The van der Waals surface area contributed by atoms with Crippen molar-refractivity contribution in [1.82, 2.24) is 15.1 Å². The lowest BCUT2D eigenvalue weighted by molar-refractivity contribution is -0.124. The van der Waals surface area contributed by atoms with Gasteiger partial charge in [-0.15, -0.1) is 0 Å². The summed E-state index contributed by atoms with van der Waals surface area (Å²) in [5.74, 6) is -1.17. The molecule has 1 heterocycles. The number of aromatic nitrogens is 2. The van der Waals surface area contributed by atoms with Crippen LogP contribution in [0.5, 0.6) is 0 Å². The van der Waals surface area contributed by atoms with E-state index in [2.05, 4.69) is 17.3 Å². The lowest BCUT2D eigenvalue weighted by atomic mass is 10.1. The van der Waals surface area contributed by atoms with E-state index < -0.39 is 18.5 Å². The minimum atomic E-state index is -0.757. The van der Waals surface area contributed by atoms with Gasteiger partial charge in [-0.2, -0.15) is 5.10 Å². The molecule has 0 aliphatic carbocycles. The number of hydrogen-bond acceptors (Lipinski definition) is 5.